The molecule has 2 aliphatic rings. The number of nitrogens with two attached hydrogens (primary N) is 1. The van der Waals surface area contributed by atoms with E-state index in [9.17, 15) is 12.8 Å². The molecule has 1 saturated carbocycles. The van der Waals surface area contributed by atoms with Crippen LogP contribution in [0.3, 0.4) is 0 Å². The highest BCUT2D eigenvalue weighted by Gasteiger charge is 2.36. The fourth-order valence-electron chi connectivity index (χ4n) is 4.90. The first-order chi connectivity index (χ1) is 15.3. The average molecular weight is 458 g/mol. The Morgan fingerprint density at radius 3 is 2.72 bits per heavy atom. The van der Waals surface area contributed by atoms with Crippen LogP contribution in [-0.4, -0.2) is 65.7 Å². The Labute approximate surface area is 187 Å². The van der Waals surface area contributed by atoms with Crippen LogP contribution in [0.25, 0.3) is 22.2 Å². The van der Waals surface area contributed by atoms with Crippen molar-refractivity contribution in [3.8, 4) is 11.1 Å². The molecule has 0 bridgehead atoms. The Bertz CT molecular complexity index is 1250. The third-order valence-corrected chi connectivity index (χ3v) is 7.62. The topological polar surface area (TPSA) is 94.1 Å². The number of nitrogens with zero attached hydrogens (tertiary/aromatic N) is 4. The molecule has 170 valence electrons. The molecule has 7 nitrogen and oxygen atoms in total. The van der Waals surface area contributed by atoms with Crippen LogP contribution >= 0.6 is 0 Å². The van der Waals surface area contributed by atoms with Gasteiger partial charge in [0, 0.05) is 43.7 Å². The zero-order valence-electron chi connectivity index (χ0n) is 18.1. The molecule has 5 rings (SSSR count). The van der Waals surface area contributed by atoms with Crippen LogP contribution in [0, 0.1) is 5.92 Å². The lowest BCUT2D eigenvalue weighted by molar-refractivity contribution is 0.0282. The molecule has 0 amide bonds. The first-order valence-electron chi connectivity index (χ1n) is 11.0. The number of anilines is 1. The van der Waals surface area contributed by atoms with E-state index in [1.807, 2.05) is 24.3 Å². The van der Waals surface area contributed by atoms with E-state index in [-0.39, 0.29) is 5.75 Å². The van der Waals surface area contributed by atoms with Crippen LogP contribution in [0.15, 0.2) is 36.8 Å². The largest absolute Gasteiger partial charge is 0.383 e. The summed E-state index contributed by atoms with van der Waals surface area (Å²) < 4.78 is 38.4. The number of benzene rings is 1. The van der Waals surface area contributed by atoms with Crippen molar-refractivity contribution in [1.29, 1.82) is 0 Å². The molecule has 0 atom stereocenters. The van der Waals surface area contributed by atoms with Gasteiger partial charge in [0.1, 0.15) is 33.8 Å². The van der Waals surface area contributed by atoms with Gasteiger partial charge in [0.15, 0.2) is 0 Å². The molecule has 0 unspecified atom stereocenters. The number of nitrogen functional groups attached to an aromatic ring is 1. The van der Waals surface area contributed by atoms with Gasteiger partial charge in [-0.3, -0.25) is 4.90 Å². The molecule has 0 spiro atoms. The van der Waals surface area contributed by atoms with Gasteiger partial charge < -0.3 is 10.3 Å². The van der Waals surface area contributed by atoms with Crippen LogP contribution in [0.1, 0.15) is 24.4 Å². The highest BCUT2D eigenvalue weighted by Crippen LogP contribution is 2.43. The maximum absolute atomic E-state index is 13.1. The summed E-state index contributed by atoms with van der Waals surface area (Å²) in [6, 6.07) is 8.26. The van der Waals surface area contributed by atoms with Crippen LogP contribution in [0.5, 0.6) is 0 Å². The SMILES string of the molecule is CS(=O)(=O)CCc1cccc(-c2cn(C3CC(CN4CC(F)C4)C3)c3ncnc(N)c23)c1. The zero-order chi connectivity index (χ0) is 22.5. The average Bonchev–Trinajstić information content (AvgIpc) is 3.07. The first-order valence-corrected chi connectivity index (χ1v) is 13.1. The molecule has 9 heteroatoms. The number of sulfone groups is 1. The highest BCUT2D eigenvalue weighted by atomic mass is 32.2. The van der Waals surface area contributed by atoms with E-state index >= 15 is 0 Å². The van der Waals surface area contributed by atoms with E-state index in [0.29, 0.717) is 37.3 Å². The number of aryl methyl sites for hydroxylation is 1. The standard InChI is InChI=1S/C23H28FN5O2S/c1-32(30,31)6-5-15-3-2-4-17(7-15)20-13-29(23-21(20)22(25)26-14-27-23)19-8-16(9-19)10-28-11-18(24)12-28/h2-4,7,13-14,16,18-19H,5-6,8-12H2,1H3,(H2,25,26,27). The molecule has 0 radical (unpaired) electrons. The number of fused-ring (bicyclic) bond motifs is 1. The highest BCUT2D eigenvalue weighted by molar-refractivity contribution is 7.90. The molecule has 1 aliphatic carbocycles. The second kappa shape index (κ2) is 8.12. The lowest BCUT2D eigenvalue weighted by atomic mass is 9.79. The molecule has 2 N–H and O–H groups in total. The van der Waals surface area contributed by atoms with Crippen molar-refractivity contribution in [3.05, 3.63) is 42.4 Å². The summed E-state index contributed by atoms with van der Waals surface area (Å²) in [6.07, 6.45) is 6.74. The molecule has 2 fully saturated rings. The van der Waals surface area contributed by atoms with Crippen LogP contribution in [0.2, 0.25) is 0 Å². The molecular weight excluding hydrogens is 429 g/mol. The number of aromatic nitrogens is 3. The number of rotatable bonds is 7. The Balaban J connectivity index is 1.41. The quantitative estimate of drug-likeness (QED) is 0.586. The Morgan fingerprint density at radius 1 is 1.22 bits per heavy atom. The second-order valence-electron chi connectivity index (χ2n) is 9.29. The predicted octanol–water partition coefficient (Wildman–Crippen LogP) is 2.87. The first kappa shape index (κ1) is 21.3. The van der Waals surface area contributed by atoms with Crippen molar-refractivity contribution in [2.45, 2.75) is 31.5 Å². The molecule has 1 saturated heterocycles. The molecule has 32 heavy (non-hydrogen) atoms. The third-order valence-electron chi connectivity index (χ3n) is 6.67. The van der Waals surface area contributed by atoms with Crippen LogP contribution in [-0.2, 0) is 16.3 Å². The minimum absolute atomic E-state index is 0.118. The minimum atomic E-state index is -3.03. The predicted molar refractivity (Wildman–Crippen MR) is 124 cm³/mol. The van der Waals surface area contributed by atoms with Gasteiger partial charge in [-0.05, 0) is 36.3 Å². The van der Waals surface area contributed by atoms with Gasteiger partial charge in [0.2, 0.25) is 0 Å². The van der Waals surface area contributed by atoms with Gasteiger partial charge in [0.25, 0.3) is 0 Å². The third kappa shape index (κ3) is 4.23. The monoisotopic (exact) mass is 457 g/mol. The summed E-state index contributed by atoms with van der Waals surface area (Å²) in [5.41, 5.74) is 10.00. The molecular formula is C23H28FN5O2S. The maximum Gasteiger partial charge on any atom is 0.147 e. The van der Waals surface area contributed by atoms with E-state index in [2.05, 4.69) is 25.6 Å². The van der Waals surface area contributed by atoms with Gasteiger partial charge in [-0.2, -0.15) is 0 Å². The summed E-state index contributed by atoms with van der Waals surface area (Å²) in [5, 5.41) is 0.833. The molecule has 1 aromatic carbocycles. The van der Waals surface area contributed by atoms with Gasteiger partial charge in [-0.1, -0.05) is 24.3 Å². The van der Waals surface area contributed by atoms with Gasteiger partial charge in [-0.15, -0.1) is 0 Å². The number of hydrogen-bond donors (Lipinski definition) is 1. The maximum atomic E-state index is 13.1. The lowest BCUT2D eigenvalue weighted by Crippen LogP contribution is -2.51. The van der Waals surface area contributed by atoms with E-state index in [4.69, 9.17) is 5.73 Å². The van der Waals surface area contributed by atoms with Gasteiger partial charge in [-0.25, -0.2) is 22.8 Å². The Hall–Kier alpha value is -2.52. The summed E-state index contributed by atoms with van der Waals surface area (Å²) in [7, 11) is -3.03. The Kier molecular flexibility index (Phi) is 5.41. The zero-order valence-corrected chi connectivity index (χ0v) is 18.9. The van der Waals surface area contributed by atoms with Crippen LogP contribution in [0.4, 0.5) is 10.2 Å². The summed E-state index contributed by atoms with van der Waals surface area (Å²) in [4.78, 5) is 10.9. The van der Waals surface area contributed by atoms with Crippen molar-refractivity contribution in [2.75, 3.05) is 37.4 Å². The normalized spacial score (nSPS) is 22.1. The number of halogens is 1. The van der Waals surface area contributed by atoms with E-state index in [1.165, 1.54) is 12.6 Å². The van der Waals surface area contributed by atoms with Crippen LogP contribution < -0.4 is 5.73 Å². The van der Waals surface area contributed by atoms with Gasteiger partial charge in [0.05, 0.1) is 11.1 Å². The molecule has 3 heterocycles. The number of alkyl halides is 1. The second-order valence-corrected chi connectivity index (χ2v) is 11.6. The van der Waals surface area contributed by atoms with Crippen molar-refractivity contribution < 1.29 is 12.8 Å². The summed E-state index contributed by atoms with van der Waals surface area (Å²) in [6.45, 7) is 2.09. The van der Waals surface area contributed by atoms with E-state index < -0.39 is 16.0 Å². The Morgan fingerprint density at radius 2 is 2.00 bits per heavy atom. The van der Waals surface area contributed by atoms with E-state index in [0.717, 1.165) is 47.1 Å². The minimum Gasteiger partial charge on any atom is -0.383 e. The van der Waals surface area contributed by atoms with Crippen molar-refractivity contribution in [2.24, 2.45) is 5.92 Å². The van der Waals surface area contributed by atoms with Crippen molar-refractivity contribution >= 4 is 26.7 Å². The molecule has 1 aliphatic heterocycles. The summed E-state index contributed by atoms with van der Waals surface area (Å²) >= 11 is 0. The number of likely N-dealkylation sites (tertiary alicyclic amines) is 1. The fraction of sp³-hybridized carbons (Fsp3) is 0.478. The summed E-state index contributed by atoms with van der Waals surface area (Å²) in [5.74, 6) is 1.13. The van der Waals surface area contributed by atoms with Crippen molar-refractivity contribution in [3.63, 3.8) is 0 Å². The smallest absolute Gasteiger partial charge is 0.147 e. The fourth-order valence-corrected chi connectivity index (χ4v) is 5.51. The molecule has 3 aromatic rings. The molecule has 2 aromatic heterocycles. The van der Waals surface area contributed by atoms with E-state index in [1.54, 1.807) is 0 Å². The van der Waals surface area contributed by atoms with Gasteiger partial charge >= 0.3 is 0 Å². The lowest BCUT2D eigenvalue weighted by Gasteiger charge is -2.43. The number of hydrogen-bond acceptors (Lipinski definition) is 6. The van der Waals surface area contributed by atoms with Crippen molar-refractivity contribution in [1.82, 2.24) is 19.4 Å².